The lowest BCUT2D eigenvalue weighted by Crippen LogP contribution is -2.39. The van der Waals surface area contributed by atoms with Crippen molar-refractivity contribution in [3.05, 3.63) is 130 Å². The van der Waals surface area contributed by atoms with Crippen LogP contribution in [0, 0.1) is 0 Å². The predicted octanol–water partition coefficient (Wildman–Crippen LogP) is 3.47. The molecule has 0 saturated carbocycles. The summed E-state index contributed by atoms with van der Waals surface area (Å²) >= 11 is 0. The summed E-state index contributed by atoms with van der Waals surface area (Å²) < 4.78 is 44.0. The molecule has 1 fully saturated rings. The van der Waals surface area contributed by atoms with Crippen LogP contribution in [0.3, 0.4) is 0 Å². The van der Waals surface area contributed by atoms with Crippen molar-refractivity contribution in [3.63, 3.8) is 0 Å². The zero-order chi connectivity index (χ0) is 27.5. The molecule has 0 amide bonds. The molecule has 0 bridgehead atoms. The number of benzene rings is 3. The Kier molecular flexibility index (Phi) is 7.62. The Morgan fingerprint density at radius 3 is 1.90 bits per heavy atom. The zero-order valence-corrected chi connectivity index (χ0v) is 22.1. The fourth-order valence-corrected chi connectivity index (χ4v) is 5.62. The van der Waals surface area contributed by atoms with Gasteiger partial charge in [0.15, 0.2) is 0 Å². The molecule has 0 spiro atoms. The minimum atomic E-state index is -3.83. The standard InChI is InChI=1S/C29H29N3O6S/c1-39(34,35)38-24-19-27(32-18-17-26(30)31-28(32)33)37-25(24)20-36-29(21-11-5-2-6-12-21,22-13-7-3-8-14-22)23-15-9-4-10-16-23/h2-18,24-25,27H,19-20H2,1H3,(H2,30,31,33)/t24-,25-,27-/m1/s1. The smallest absolute Gasteiger partial charge is 0.351 e. The number of nitrogens with zero attached hydrogens (tertiary/aromatic N) is 2. The number of nitrogen functional groups attached to an aromatic ring is 1. The first kappa shape index (κ1) is 26.8. The van der Waals surface area contributed by atoms with Gasteiger partial charge < -0.3 is 15.2 Å². The highest BCUT2D eigenvalue weighted by molar-refractivity contribution is 7.86. The van der Waals surface area contributed by atoms with Gasteiger partial charge in [-0.15, -0.1) is 0 Å². The first-order valence-corrected chi connectivity index (χ1v) is 14.3. The average Bonchev–Trinajstić information content (AvgIpc) is 3.31. The predicted molar refractivity (Wildman–Crippen MR) is 146 cm³/mol. The molecular formula is C29H29N3O6S. The van der Waals surface area contributed by atoms with Crippen LogP contribution >= 0.6 is 0 Å². The van der Waals surface area contributed by atoms with Crippen molar-refractivity contribution in [2.24, 2.45) is 0 Å². The number of ether oxygens (including phenoxy) is 2. The van der Waals surface area contributed by atoms with E-state index in [0.717, 1.165) is 22.9 Å². The number of anilines is 1. The quantitative estimate of drug-likeness (QED) is 0.250. The van der Waals surface area contributed by atoms with Crippen LogP contribution in [0.5, 0.6) is 0 Å². The summed E-state index contributed by atoms with van der Waals surface area (Å²) in [5, 5.41) is 0. The van der Waals surface area contributed by atoms with E-state index in [-0.39, 0.29) is 18.8 Å². The number of hydrogen-bond acceptors (Lipinski definition) is 8. The summed E-state index contributed by atoms with van der Waals surface area (Å²) in [7, 11) is -3.83. The van der Waals surface area contributed by atoms with Gasteiger partial charge in [0.2, 0.25) is 0 Å². The maximum Gasteiger partial charge on any atom is 0.351 e. The third-order valence-corrected chi connectivity index (χ3v) is 7.24. The van der Waals surface area contributed by atoms with E-state index >= 15 is 0 Å². The van der Waals surface area contributed by atoms with Gasteiger partial charge in [-0.05, 0) is 22.8 Å². The van der Waals surface area contributed by atoms with Crippen LogP contribution in [0.1, 0.15) is 29.3 Å². The van der Waals surface area contributed by atoms with E-state index in [2.05, 4.69) is 4.98 Å². The molecular weight excluding hydrogens is 518 g/mol. The molecule has 4 aromatic rings. The second-order valence-electron chi connectivity index (χ2n) is 9.34. The highest BCUT2D eigenvalue weighted by Gasteiger charge is 2.43. The minimum Gasteiger partial charge on any atom is -0.383 e. The van der Waals surface area contributed by atoms with E-state index in [9.17, 15) is 13.2 Å². The van der Waals surface area contributed by atoms with Crippen molar-refractivity contribution in [2.45, 2.75) is 30.5 Å². The summed E-state index contributed by atoms with van der Waals surface area (Å²) in [6, 6.07) is 30.9. The molecule has 0 unspecified atom stereocenters. The molecule has 1 aliphatic heterocycles. The van der Waals surface area contributed by atoms with Gasteiger partial charge in [-0.25, -0.2) is 4.79 Å². The van der Waals surface area contributed by atoms with Crippen LogP contribution in [-0.4, -0.2) is 43.0 Å². The molecule has 0 radical (unpaired) electrons. The lowest BCUT2D eigenvalue weighted by Gasteiger charge is -2.37. The molecule has 1 aliphatic rings. The highest BCUT2D eigenvalue weighted by Crippen LogP contribution is 2.42. The SMILES string of the molecule is CS(=O)(=O)O[C@@H]1C[C@H](n2ccc(N)nc2=O)O[C@@H]1COC(c1ccccc1)(c1ccccc1)c1ccccc1. The van der Waals surface area contributed by atoms with Crippen molar-refractivity contribution in [3.8, 4) is 0 Å². The first-order chi connectivity index (χ1) is 18.8. The van der Waals surface area contributed by atoms with E-state index in [4.69, 9.17) is 19.4 Å². The Hall–Kier alpha value is -3.83. The van der Waals surface area contributed by atoms with E-state index in [1.807, 2.05) is 91.0 Å². The summed E-state index contributed by atoms with van der Waals surface area (Å²) in [6.07, 6.45) is 0.0294. The Morgan fingerprint density at radius 2 is 1.44 bits per heavy atom. The third-order valence-electron chi connectivity index (χ3n) is 6.65. The zero-order valence-electron chi connectivity index (χ0n) is 21.3. The molecule has 3 atom stereocenters. The lowest BCUT2D eigenvalue weighted by molar-refractivity contribution is -0.0910. The molecule has 0 aliphatic carbocycles. The summed E-state index contributed by atoms with van der Waals surface area (Å²) in [5.41, 5.74) is 6.65. The molecule has 9 nitrogen and oxygen atoms in total. The number of aromatic nitrogens is 2. The van der Waals surface area contributed by atoms with Crippen LogP contribution in [0.2, 0.25) is 0 Å². The van der Waals surface area contributed by atoms with Gasteiger partial charge in [0, 0.05) is 12.6 Å². The topological polar surface area (TPSA) is 123 Å². The molecule has 39 heavy (non-hydrogen) atoms. The second-order valence-corrected chi connectivity index (χ2v) is 10.9. The molecule has 202 valence electrons. The van der Waals surface area contributed by atoms with E-state index in [1.165, 1.54) is 16.8 Å². The second kappa shape index (κ2) is 11.1. The highest BCUT2D eigenvalue weighted by atomic mass is 32.2. The van der Waals surface area contributed by atoms with Gasteiger partial charge in [0.05, 0.1) is 12.9 Å². The van der Waals surface area contributed by atoms with Crippen molar-refractivity contribution in [1.82, 2.24) is 9.55 Å². The molecule has 2 heterocycles. The summed E-state index contributed by atoms with van der Waals surface area (Å²) in [5.74, 6) is 0.0800. The molecule has 3 aromatic carbocycles. The monoisotopic (exact) mass is 547 g/mol. The van der Waals surface area contributed by atoms with Crippen LogP contribution in [0.4, 0.5) is 5.82 Å². The first-order valence-electron chi connectivity index (χ1n) is 12.5. The normalized spacial score (nSPS) is 19.7. The average molecular weight is 548 g/mol. The van der Waals surface area contributed by atoms with Gasteiger partial charge in [-0.1, -0.05) is 91.0 Å². The maximum atomic E-state index is 12.5. The summed E-state index contributed by atoms with van der Waals surface area (Å²) in [4.78, 5) is 16.3. The minimum absolute atomic E-state index is 0.0352. The van der Waals surface area contributed by atoms with Gasteiger partial charge in [-0.3, -0.25) is 8.75 Å². The lowest BCUT2D eigenvalue weighted by atomic mass is 9.80. The Bertz CT molecular complexity index is 1470. The van der Waals surface area contributed by atoms with E-state index < -0.39 is 39.8 Å². The van der Waals surface area contributed by atoms with Crippen molar-refractivity contribution >= 4 is 15.9 Å². The van der Waals surface area contributed by atoms with Crippen molar-refractivity contribution in [1.29, 1.82) is 0 Å². The Morgan fingerprint density at radius 1 is 0.923 bits per heavy atom. The summed E-state index contributed by atoms with van der Waals surface area (Å²) in [6.45, 7) is -0.0352. The van der Waals surface area contributed by atoms with Crippen LogP contribution in [0.15, 0.2) is 108 Å². The van der Waals surface area contributed by atoms with Gasteiger partial charge in [0.25, 0.3) is 10.1 Å². The fraction of sp³-hybridized carbons (Fsp3) is 0.241. The van der Waals surface area contributed by atoms with Gasteiger partial charge >= 0.3 is 5.69 Å². The van der Waals surface area contributed by atoms with Crippen LogP contribution < -0.4 is 11.4 Å². The van der Waals surface area contributed by atoms with Crippen molar-refractivity contribution < 1.29 is 22.1 Å². The Balaban J connectivity index is 1.55. The largest absolute Gasteiger partial charge is 0.383 e. The molecule has 5 rings (SSSR count). The van der Waals surface area contributed by atoms with Crippen LogP contribution in [-0.2, 0) is 29.4 Å². The molecule has 2 N–H and O–H groups in total. The maximum absolute atomic E-state index is 12.5. The van der Waals surface area contributed by atoms with Gasteiger partial charge in [-0.2, -0.15) is 13.4 Å². The third kappa shape index (κ3) is 5.79. The van der Waals surface area contributed by atoms with Gasteiger partial charge in [0.1, 0.15) is 29.9 Å². The van der Waals surface area contributed by atoms with Crippen molar-refractivity contribution in [2.75, 3.05) is 18.6 Å². The number of hydrogen-bond donors (Lipinski definition) is 1. The van der Waals surface area contributed by atoms with Crippen LogP contribution in [0.25, 0.3) is 0 Å². The van der Waals surface area contributed by atoms with E-state index in [1.54, 1.807) is 0 Å². The molecule has 1 aromatic heterocycles. The number of nitrogens with two attached hydrogens (primary N) is 1. The fourth-order valence-electron chi connectivity index (χ4n) is 4.97. The Labute approximate surface area is 226 Å². The molecule has 1 saturated heterocycles. The van der Waals surface area contributed by atoms with E-state index in [0.29, 0.717) is 0 Å². The number of rotatable bonds is 9. The molecule has 10 heteroatoms.